The van der Waals surface area contributed by atoms with Crippen molar-refractivity contribution in [3.05, 3.63) is 29.8 Å². The van der Waals surface area contributed by atoms with Gasteiger partial charge in [0.05, 0.1) is 0 Å². The van der Waals surface area contributed by atoms with Crippen molar-refractivity contribution < 1.29 is 4.79 Å². The Morgan fingerprint density at radius 2 is 1.68 bits per heavy atom. The lowest BCUT2D eigenvalue weighted by Crippen LogP contribution is -2.36. The van der Waals surface area contributed by atoms with Gasteiger partial charge >= 0.3 is 0 Å². The minimum atomic E-state index is 0.0843. The molecule has 6 heteroatoms. The number of carbonyl (C=O) groups excluding carboxylic acids is 1. The summed E-state index contributed by atoms with van der Waals surface area (Å²) in [5.74, 6) is 1.14. The number of nitrogens with zero attached hydrogens (tertiary/aromatic N) is 5. The molecule has 25 heavy (non-hydrogen) atoms. The van der Waals surface area contributed by atoms with Crippen LogP contribution in [0, 0.1) is 0 Å². The number of rotatable bonds is 4. The second-order valence-electron chi connectivity index (χ2n) is 7.07. The fraction of sp³-hybridized carbons (Fsp3) is 0.579. The molecule has 0 saturated carbocycles. The molecule has 3 rings (SSSR count). The SMILES string of the molecule is CC(C)c1ccc(-c2nnn(CC(=O)N3CCCCCCC3)n2)cc1. The maximum Gasteiger partial charge on any atom is 0.246 e. The Kier molecular flexibility index (Phi) is 5.79. The zero-order chi connectivity index (χ0) is 17.6. The quantitative estimate of drug-likeness (QED) is 0.856. The normalized spacial score (nSPS) is 15.9. The highest BCUT2D eigenvalue weighted by molar-refractivity contribution is 5.75. The molecule has 1 fully saturated rings. The van der Waals surface area contributed by atoms with Crippen LogP contribution in [0.15, 0.2) is 24.3 Å². The summed E-state index contributed by atoms with van der Waals surface area (Å²) in [6.07, 6.45) is 5.88. The summed E-state index contributed by atoms with van der Waals surface area (Å²) in [7, 11) is 0. The van der Waals surface area contributed by atoms with Crippen LogP contribution in [-0.4, -0.2) is 44.1 Å². The molecule has 1 aromatic heterocycles. The predicted molar refractivity (Wildman–Crippen MR) is 97.0 cm³/mol. The molecule has 1 aliphatic heterocycles. The van der Waals surface area contributed by atoms with Gasteiger partial charge in [0.15, 0.2) is 0 Å². The molecule has 1 aromatic carbocycles. The molecule has 0 N–H and O–H groups in total. The summed E-state index contributed by atoms with van der Waals surface area (Å²) in [5.41, 5.74) is 2.21. The minimum absolute atomic E-state index is 0.0843. The van der Waals surface area contributed by atoms with Crippen molar-refractivity contribution in [2.45, 2.75) is 58.4 Å². The molecule has 6 nitrogen and oxygen atoms in total. The largest absolute Gasteiger partial charge is 0.341 e. The third-order valence-corrected chi connectivity index (χ3v) is 4.77. The van der Waals surface area contributed by atoms with Gasteiger partial charge in [-0.25, -0.2) is 0 Å². The van der Waals surface area contributed by atoms with Gasteiger partial charge in [-0.2, -0.15) is 4.80 Å². The molecule has 1 amide bonds. The molecule has 0 bridgehead atoms. The molecule has 2 heterocycles. The van der Waals surface area contributed by atoms with Crippen molar-refractivity contribution in [1.82, 2.24) is 25.1 Å². The standard InChI is InChI=1S/C19H27N5O/c1-15(2)16-8-10-17(11-9-16)19-20-22-24(21-19)14-18(25)23-12-6-4-3-5-7-13-23/h8-11,15H,3-7,12-14H2,1-2H3. The van der Waals surface area contributed by atoms with Crippen LogP contribution < -0.4 is 0 Å². The van der Waals surface area contributed by atoms with Crippen molar-refractivity contribution in [3.63, 3.8) is 0 Å². The Bertz CT molecular complexity index is 684. The average Bonchev–Trinajstić information content (AvgIpc) is 3.03. The molecule has 0 radical (unpaired) electrons. The van der Waals surface area contributed by atoms with E-state index in [9.17, 15) is 4.79 Å². The third kappa shape index (κ3) is 4.65. The van der Waals surface area contributed by atoms with Gasteiger partial charge in [-0.15, -0.1) is 10.2 Å². The summed E-state index contributed by atoms with van der Waals surface area (Å²) in [4.78, 5) is 15.8. The molecule has 0 spiro atoms. The first-order valence-electron chi connectivity index (χ1n) is 9.29. The highest BCUT2D eigenvalue weighted by Crippen LogP contribution is 2.19. The molecule has 0 atom stereocenters. The Hall–Kier alpha value is -2.24. The highest BCUT2D eigenvalue weighted by atomic mass is 16.2. The summed E-state index contributed by atoms with van der Waals surface area (Å²) in [6.45, 7) is 6.19. The second-order valence-corrected chi connectivity index (χ2v) is 7.07. The summed E-state index contributed by atoms with van der Waals surface area (Å²) < 4.78 is 0. The van der Waals surface area contributed by atoms with Gasteiger partial charge in [-0.1, -0.05) is 57.4 Å². The van der Waals surface area contributed by atoms with E-state index in [0.717, 1.165) is 31.5 Å². The van der Waals surface area contributed by atoms with E-state index in [1.807, 2.05) is 17.0 Å². The van der Waals surface area contributed by atoms with Crippen molar-refractivity contribution in [3.8, 4) is 11.4 Å². The molecular weight excluding hydrogens is 314 g/mol. The van der Waals surface area contributed by atoms with Gasteiger partial charge in [-0.05, 0) is 29.5 Å². The Labute approximate surface area is 149 Å². The van der Waals surface area contributed by atoms with Crippen molar-refractivity contribution in [1.29, 1.82) is 0 Å². The zero-order valence-corrected chi connectivity index (χ0v) is 15.2. The molecule has 134 valence electrons. The number of amides is 1. The van der Waals surface area contributed by atoms with Gasteiger partial charge in [0.25, 0.3) is 0 Å². The maximum absolute atomic E-state index is 12.5. The lowest BCUT2D eigenvalue weighted by Gasteiger charge is -2.24. The van der Waals surface area contributed by atoms with Crippen LogP contribution in [0.5, 0.6) is 0 Å². The summed E-state index contributed by atoms with van der Waals surface area (Å²) in [6, 6.07) is 8.20. The number of hydrogen-bond donors (Lipinski definition) is 0. The fourth-order valence-corrected chi connectivity index (χ4v) is 3.16. The van der Waals surface area contributed by atoms with E-state index in [1.165, 1.54) is 29.6 Å². The van der Waals surface area contributed by atoms with Gasteiger partial charge in [0.1, 0.15) is 6.54 Å². The molecule has 2 aromatic rings. The second kappa shape index (κ2) is 8.23. The molecule has 1 aliphatic rings. The number of benzene rings is 1. The van der Waals surface area contributed by atoms with Crippen LogP contribution in [0.3, 0.4) is 0 Å². The smallest absolute Gasteiger partial charge is 0.246 e. The van der Waals surface area contributed by atoms with E-state index in [1.54, 1.807) is 0 Å². The van der Waals surface area contributed by atoms with Crippen LogP contribution in [0.25, 0.3) is 11.4 Å². The van der Waals surface area contributed by atoms with Crippen molar-refractivity contribution in [2.24, 2.45) is 0 Å². The minimum Gasteiger partial charge on any atom is -0.341 e. The van der Waals surface area contributed by atoms with E-state index < -0.39 is 0 Å². The highest BCUT2D eigenvalue weighted by Gasteiger charge is 2.17. The van der Waals surface area contributed by atoms with Gasteiger partial charge in [0, 0.05) is 18.7 Å². The lowest BCUT2D eigenvalue weighted by atomic mass is 10.0. The number of tetrazole rings is 1. The topological polar surface area (TPSA) is 63.9 Å². The number of likely N-dealkylation sites (tertiary alicyclic amines) is 1. The lowest BCUT2D eigenvalue weighted by molar-refractivity contribution is -0.132. The monoisotopic (exact) mass is 341 g/mol. The first-order chi connectivity index (χ1) is 12.1. The van der Waals surface area contributed by atoms with Crippen LogP contribution >= 0.6 is 0 Å². The zero-order valence-electron chi connectivity index (χ0n) is 15.2. The predicted octanol–water partition coefficient (Wildman–Crippen LogP) is 3.26. The average molecular weight is 341 g/mol. The van der Waals surface area contributed by atoms with Gasteiger partial charge < -0.3 is 4.90 Å². The molecule has 0 aliphatic carbocycles. The third-order valence-electron chi connectivity index (χ3n) is 4.77. The van der Waals surface area contributed by atoms with Crippen LogP contribution in [-0.2, 0) is 11.3 Å². The van der Waals surface area contributed by atoms with Gasteiger partial charge in [0.2, 0.25) is 11.7 Å². The van der Waals surface area contributed by atoms with E-state index in [2.05, 4.69) is 41.4 Å². The number of aromatic nitrogens is 4. The van der Waals surface area contributed by atoms with E-state index >= 15 is 0 Å². The Balaban J connectivity index is 1.63. The first kappa shape index (κ1) is 17.6. The van der Waals surface area contributed by atoms with Crippen molar-refractivity contribution in [2.75, 3.05) is 13.1 Å². The van der Waals surface area contributed by atoms with E-state index in [4.69, 9.17) is 0 Å². The summed E-state index contributed by atoms with van der Waals surface area (Å²) in [5, 5.41) is 12.5. The van der Waals surface area contributed by atoms with Crippen LogP contribution in [0.1, 0.15) is 57.4 Å². The number of hydrogen-bond acceptors (Lipinski definition) is 4. The number of carbonyl (C=O) groups is 1. The van der Waals surface area contributed by atoms with E-state index in [-0.39, 0.29) is 12.5 Å². The van der Waals surface area contributed by atoms with Crippen LogP contribution in [0.4, 0.5) is 0 Å². The van der Waals surface area contributed by atoms with Gasteiger partial charge in [-0.3, -0.25) is 4.79 Å². The molecule has 1 saturated heterocycles. The molecular formula is C19H27N5O. The fourth-order valence-electron chi connectivity index (χ4n) is 3.16. The molecule has 0 unspecified atom stereocenters. The summed E-state index contributed by atoms with van der Waals surface area (Å²) >= 11 is 0. The Morgan fingerprint density at radius 3 is 2.32 bits per heavy atom. The van der Waals surface area contributed by atoms with E-state index in [0.29, 0.717) is 11.7 Å². The van der Waals surface area contributed by atoms with Crippen LogP contribution in [0.2, 0.25) is 0 Å². The maximum atomic E-state index is 12.5. The van der Waals surface area contributed by atoms with Crippen molar-refractivity contribution >= 4 is 5.91 Å². The first-order valence-corrected chi connectivity index (χ1v) is 9.29. The Morgan fingerprint density at radius 1 is 1.04 bits per heavy atom.